The third kappa shape index (κ3) is 10.9. The fraction of sp³-hybridized carbons (Fsp3) is 0.310. The smallest absolute Gasteiger partial charge is 0.256 e. The van der Waals surface area contributed by atoms with E-state index in [9.17, 15) is 14.7 Å². The number of unbranched alkanes of at least 4 members (excludes halogenated alkanes) is 3. The van der Waals surface area contributed by atoms with Crippen molar-refractivity contribution in [2.45, 2.75) is 75.3 Å². The number of hydrogen-bond donors (Lipinski definition) is 3. The number of aliphatic hydroxyl groups excluding tert-OH is 1. The van der Waals surface area contributed by atoms with Crippen LogP contribution in [0.15, 0.2) is 119 Å². The minimum Gasteiger partial charge on any atom is -0.431 e. The van der Waals surface area contributed by atoms with Gasteiger partial charge in [-0.3, -0.25) is 14.4 Å². The highest BCUT2D eigenvalue weighted by molar-refractivity contribution is 7.99. The Kier molecular flexibility index (Phi) is 13.9. The van der Waals surface area contributed by atoms with Gasteiger partial charge in [0.2, 0.25) is 11.8 Å². The van der Waals surface area contributed by atoms with Gasteiger partial charge >= 0.3 is 0 Å². The van der Waals surface area contributed by atoms with Crippen molar-refractivity contribution in [1.29, 1.82) is 0 Å². The van der Waals surface area contributed by atoms with Crippen LogP contribution in [0.5, 0.6) is 0 Å². The number of amides is 2. The standard InChI is InChI=1S/C42H45N3O7S/c1-49-45-38(48)17-11-3-2-10-16-37(47)43-34-24-22-33(23-25-34)41-50-35(26-36(51-41)30-20-18-29(27-46)19-21-30)28-53-42-44-39(31-12-6-4-7-13-31)40(52-42)32-14-8-5-9-15-32/h4-9,12-15,18-25,35-36,41,46H,2-3,10-11,16-17,26-28H2,1H3,(H,43,47)(H,45,48)/t35-,36+,41+/m1/s1. The zero-order chi connectivity index (χ0) is 36.8. The van der Waals surface area contributed by atoms with Gasteiger partial charge in [0.15, 0.2) is 12.1 Å². The molecule has 3 atom stereocenters. The second-order valence-electron chi connectivity index (χ2n) is 12.9. The van der Waals surface area contributed by atoms with E-state index in [1.807, 2.05) is 109 Å². The van der Waals surface area contributed by atoms with Gasteiger partial charge in [-0.05, 0) is 36.1 Å². The Balaban J connectivity index is 1.10. The molecule has 1 aliphatic rings. The summed E-state index contributed by atoms with van der Waals surface area (Å²) in [5.41, 5.74) is 8.41. The van der Waals surface area contributed by atoms with Crippen LogP contribution in [0.2, 0.25) is 0 Å². The molecule has 3 N–H and O–H groups in total. The van der Waals surface area contributed by atoms with E-state index in [1.165, 1.54) is 18.9 Å². The number of anilines is 1. The number of nitrogens with one attached hydrogen (secondary N) is 2. The number of ether oxygens (including phenoxy) is 2. The Morgan fingerprint density at radius 2 is 1.43 bits per heavy atom. The highest BCUT2D eigenvalue weighted by Crippen LogP contribution is 2.41. The summed E-state index contributed by atoms with van der Waals surface area (Å²) in [5, 5.41) is 13.1. The van der Waals surface area contributed by atoms with Gasteiger partial charge in [-0.1, -0.05) is 122 Å². The van der Waals surface area contributed by atoms with Gasteiger partial charge in [0, 0.05) is 47.4 Å². The number of aromatic nitrogens is 1. The van der Waals surface area contributed by atoms with Gasteiger partial charge < -0.3 is 24.3 Å². The van der Waals surface area contributed by atoms with Crippen molar-refractivity contribution in [2.75, 3.05) is 18.2 Å². The van der Waals surface area contributed by atoms with Gasteiger partial charge in [0.05, 0.1) is 25.9 Å². The predicted molar refractivity (Wildman–Crippen MR) is 204 cm³/mol. The molecule has 1 aliphatic heterocycles. The summed E-state index contributed by atoms with van der Waals surface area (Å²) in [6, 6.07) is 35.4. The first-order valence-electron chi connectivity index (χ1n) is 18.0. The topological polar surface area (TPSA) is 132 Å². The third-order valence-corrected chi connectivity index (χ3v) is 9.90. The molecule has 5 aromatic rings. The highest BCUT2D eigenvalue weighted by atomic mass is 32.2. The van der Waals surface area contributed by atoms with Crippen molar-refractivity contribution in [3.8, 4) is 22.6 Å². The maximum Gasteiger partial charge on any atom is 0.256 e. The molecule has 0 bridgehead atoms. The molecular formula is C42H45N3O7S. The second-order valence-corrected chi connectivity index (χ2v) is 13.8. The Hall–Kier alpha value is -4.78. The van der Waals surface area contributed by atoms with Gasteiger partial charge in [-0.25, -0.2) is 10.5 Å². The lowest BCUT2D eigenvalue weighted by molar-refractivity contribution is -0.245. The maximum atomic E-state index is 12.6. The van der Waals surface area contributed by atoms with Crippen LogP contribution in [0.3, 0.4) is 0 Å². The molecule has 0 aliphatic carbocycles. The van der Waals surface area contributed by atoms with Crippen LogP contribution in [0.1, 0.15) is 74.0 Å². The molecular weight excluding hydrogens is 691 g/mol. The molecule has 2 heterocycles. The minimum atomic E-state index is -0.642. The molecule has 0 radical (unpaired) electrons. The number of oxazole rings is 1. The fourth-order valence-corrected chi connectivity index (χ4v) is 7.00. The van der Waals surface area contributed by atoms with Crippen molar-refractivity contribution in [1.82, 2.24) is 10.5 Å². The van der Waals surface area contributed by atoms with Crippen LogP contribution in [0, 0.1) is 0 Å². The number of carbonyl (C=O) groups is 2. The molecule has 53 heavy (non-hydrogen) atoms. The summed E-state index contributed by atoms with van der Waals surface area (Å²) in [4.78, 5) is 33.6. The van der Waals surface area contributed by atoms with E-state index in [-0.39, 0.29) is 30.6 Å². The van der Waals surface area contributed by atoms with Gasteiger partial charge in [0.25, 0.3) is 5.22 Å². The van der Waals surface area contributed by atoms with Crippen molar-refractivity contribution in [3.05, 3.63) is 126 Å². The number of benzene rings is 4. The molecule has 11 heteroatoms. The Bertz CT molecular complexity index is 1830. The first-order valence-corrected chi connectivity index (χ1v) is 18.9. The van der Waals surface area contributed by atoms with E-state index in [0.29, 0.717) is 35.9 Å². The molecule has 1 aromatic heterocycles. The monoisotopic (exact) mass is 735 g/mol. The van der Waals surface area contributed by atoms with Crippen molar-refractivity contribution in [3.63, 3.8) is 0 Å². The predicted octanol–water partition coefficient (Wildman–Crippen LogP) is 8.80. The normalized spacial score (nSPS) is 17.0. The van der Waals surface area contributed by atoms with Crippen molar-refractivity contribution < 1.29 is 33.4 Å². The van der Waals surface area contributed by atoms with Crippen LogP contribution in [-0.2, 0) is 30.5 Å². The van der Waals surface area contributed by atoms with E-state index in [0.717, 1.165) is 65.0 Å². The average molecular weight is 736 g/mol. The molecule has 0 saturated carbocycles. The molecule has 1 saturated heterocycles. The highest BCUT2D eigenvalue weighted by Gasteiger charge is 2.33. The van der Waals surface area contributed by atoms with E-state index in [2.05, 4.69) is 15.6 Å². The number of carbonyl (C=O) groups excluding carboxylic acids is 2. The summed E-state index contributed by atoms with van der Waals surface area (Å²) in [6.45, 7) is -0.0266. The first kappa shape index (κ1) is 38.0. The molecule has 1 fully saturated rings. The van der Waals surface area contributed by atoms with Crippen LogP contribution in [0.4, 0.5) is 5.69 Å². The molecule has 4 aromatic carbocycles. The molecule has 2 amide bonds. The van der Waals surface area contributed by atoms with Crippen molar-refractivity contribution >= 4 is 29.3 Å². The summed E-state index contributed by atoms with van der Waals surface area (Å²) < 4.78 is 19.5. The second kappa shape index (κ2) is 19.3. The van der Waals surface area contributed by atoms with Crippen LogP contribution in [-0.4, -0.2) is 40.9 Å². The van der Waals surface area contributed by atoms with Gasteiger partial charge in [-0.2, -0.15) is 0 Å². The SMILES string of the molecule is CONC(=O)CCCCCCC(=O)Nc1ccc([C@H]2O[C@@H](CSc3nc(-c4ccccc4)c(-c4ccccc4)o3)C[C@@H](c3ccc(CO)cc3)O2)cc1. The number of aliphatic hydroxyl groups is 1. The Morgan fingerprint density at radius 1 is 0.792 bits per heavy atom. The lowest BCUT2D eigenvalue weighted by Crippen LogP contribution is -2.31. The molecule has 10 nitrogen and oxygen atoms in total. The van der Waals surface area contributed by atoms with Gasteiger partial charge in [0.1, 0.15) is 5.69 Å². The van der Waals surface area contributed by atoms with Crippen LogP contribution < -0.4 is 10.8 Å². The summed E-state index contributed by atoms with van der Waals surface area (Å²) in [6.07, 6.45) is 3.58. The molecule has 0 spiro atoms. The number of thioether (sulfide) groups is 1. The molecule has 276 valence electrons. The summed E-state index contributed by atoms with van der Waals surface area (Å²) >= 11 is 1.51. The van der Waals surface area contributed by atoms with Crippen LogP contribution in [0.25, 0.3) is 22.6 Å². The fourth-order valence-electron chi connectivity index (χ4n) is 6.16. The molecule has 0 unspecified atom stereocenters. The number of hydroxylamine groups is 1. The minimum absolute atomic E-state index is 0.0266. The largest absolute Gasteiger partial charge is 0.431 e. The first-order chi connectivity index (χ1) is 26.0. The quantitative estimate of drug-likeness (QED) is 0.0487. The van der Waals surface area contributed by atoms with E-state index in [4.69, 9.17) is 18.9 Å². The lowest BCUT2D eigenvalue weighted by atomic mass is 10.0. The van der Waals surface area contributed by atoms with E-state index >= 15 is 0 Å². The Labute approximate surface area is 314 Å². The number of hydrogen-bond acceptors (Lipinski definition) is 9. The van der Waals surface area contributed by atoms with E-state index in [1.54, 1.807) is 0 Å². The number of rotatable bonds is 17. The van der Waals surface area contributed by atoms with Crippen LogP contribution >= 0.6 is 11.8 Å². The lowest BCUT2D eigenvalue weighted by Gasteiger charge is -2.36. The van der Waals surface area contributed by atoms with E-state index < -0.39 is 6.29 Å². The zero-order valence-electron chi connectivity index (χ0n) is 29.7. The summed E-state index contributed by atoms with van der Waals surface area (Å²) in [7, 11) is 1.41. The zero-order valence-corrected chi connectivity index (χ0v) is 30.6. The van der Waals surface area contributed by atoms with Crippen molar-refractivity contribution in [2.24, 2.45) is 0 Å². The summed E-state index contributed by atoms with van der Waals surface area (Å²) in [5.74, 6) is 1.12. The Morgan fingerprint density at radius 3 is 2.09 bits per heavy atom. The van der Waals surface area contributed by atoms with Gasteiger partial charge in [-0.15, -0.1) is 0 Å². The average Bonchev–Trinajstić information content (AvgIpc) is 3.64. The third-order valence-electron chi connectivity index (χ3n) is 8.94. The maximum absolute atomic E-state index is 12.6. The molecule has 6 rings (SSSR count). The number of nitrogens with zero attached hydrogens (tertiary/aromatic N) is 1.